The van der Waals surface area contributed by atoms with E-state index in [1.165, 1.54) is 24.2 Å². The van der Waals surface area contributed by atoms with Gasteiger partial charge in [-0.1, -0.05) is 30.3 Å². The molecule has 3 aromatic rings. The summed E-state index contributed by atoms with van der Waals surface area (Å²) in [4.78, 5) is 24.6. The normalized spacial score (nSPS) is 13.8. The molecule has 0 aliphatic carbocycles. The molecule has 0 radical (unpaired) electrons. The van der Waals surface area contributed by atoms with Gasteiger partial charge in [-0.25, -0.2) is 9.97 Å². The third kappa shape index (κ3) is 3.46. The molecule has 3 heterocycles. The van der Waals surface area contributed by atoms with Crippen molar-refractivity contribution in [1.82, 2.24) is 9.97 Å². The summed E-state index contributed by atoms with van der Waals surface area (Å²) >= 11 is 1.41. The van der Waals surface area contributed by atoms with Gasteiger partial charge < -0.3 is 10.2 Å². The molecule has 0 saturated carbocycles. The quantitative estimate of drug-likeness (QED) is 0.747. The van der Waals surface area contributed by atoms with Crippen molar-refractivity contribution < 1.29 is 4.79 Å². The smallest absolute Gasteiger partial charge is 0.267 e. The molecule has 1 saturated heterocycles. The number of carbonyl (C=O) groups excluding carboxylic acids is 1. The number of thiazole rings is 1. The highest BCUT2D eigenvalue weighted by atomic mass is 32.1. The highest BCUT2D eigenvalue weighted by molar-refractivity contribution is 7.17. The van der Waals surface area contributed by atoms with Crippen LogP contribution >= 0.6 is 11.3 Å². The number of hydrogen-bond acceptors (Lipinski definition) is 5. The van der Waals surface area contributed by atoms with Crippen LogP contribution in [0.25, 0.3) is 10.6 Å². The zero-order chi connectivity index (χ0) is 17.9. The lowest BCUT2D eigenvalue weighted by atomic mass is 10.2. The molecular weight excluding hydrogens is 344 g/mol. The summed E-state index contributed by atoms with van der Waals surface area (Å²) < 4.78 is 0. The summed E-state index contributed by atoms with van der Waals surface area (Å²) in [6.45, 7) is 3.98. The summed E-state index contributed by atoms with van der Waals surface area (Å²) in [6, 6.07) is 13.8. The zero-order valence-electron chi connectivity index (χ0n) is 14.6. The van der Waals surface area contributed by atoms with Gasteiger partial charge in [0.1, 0.15) is 15.7 Å². The number of carbonyl (C=O) groups is 1. The number of hydrogen-bond donors (Lipinski definition) is 1. The largest absolute Gasteiger partial charge is 0.357 e. The van der Waals surface area contributed by atoms with E-state index >= 15 is 0 Å². The Bertz CT molecular complexity index is 899. The van der Waals surface area contributed by atoms with Gasteiger partial charge in [-0.05, 0) is 31.9 Å². The summed E-state index contributed by atoms with van der Waals surface area (Å²) in [5.74, 6) is 0.832. The van der Waals surface area contributed by atoms with Crippen molar-refractivity contribution in [2.75, 3.05) is 23.3 Å². The van der Waals surface area contributed by atoms with Crippen LogP contribution in [-0.2, 0) is 0 Å². The molecule has 1 aromatic carbocycles. The van der Waals surface area contributed by atoms with Crippen LogP contribution in [0.4, 0.5) is 11.5 Å². The van der Waals surface area contributed by atoms with Gasteiger partial charge in [-0.3, -0.25) is 4.79 Å². The van der Waals surface area contributed by atoms with Crippen LogP contribution in [0, 0.1) is 6.92 Å². The van der Waals surface area contributed by atoms with Gasteiger partial charge in [0.25, 0.3) is 5.91 Å². The van der Waals surface area contributed by atoms with E-state index in [2.05, 4.69) is 20.2 Å². The number of benzene rings is 1. The maximum Gasteiger partial charge on any atom is 0.267 e. The van der Waals surface area contributed by atoms with Gasteiger partial charge in [0.05, 0.1) is 17.6 Å². The highest BCUT2D eigenvalue weighted by Crippen LogP contribution is 2.28. The van der Waals surface area contributed by atoms with Crippen molar-refractivity contribution in [1.29, 1.82) is 0 Å². The number of aromatic nitrogens is 2. The van der Waals surface area contributed by atoms with Gasteiger partial charge in [0.2, 0.25) is 0 Å². The Morgan fingerprint density at radius 2 is 1.88 bits per heavy atom. The van der Waals surface area contributed by atoms with Crippen molar-refractivity contribution in [3.8, 4) is 10.6 Å². The Morgan fingerprint density at radius 1 is 1.12 bits per heavy atom. The van der Waals surface area contributed by atoms with Crippen LogP contribution in [0.1, 0.15) is 28.2 Å². The molecule has 26 heavy (non-hydrogen) atoms. The maximum absolute atomic E-state index is 12.6. The highest BCUT2D eigenvalue weighted by Gasteiger charge is 2.17. The van der Waals surface area contributed by atoms with Crippen LogP contribution in [0.3, 0.4) is 0 Å². The molecule has 1 amide bonds. The first kappa shape index (κ1) is 16.7. The van der Waals surface area contributed by atoms with Gasteiger partial charge in [0.15, 0.2) is 0 Å². The van der Waals surface area contributed by atoms with E-state index in [1.54, 1.807) is 6.20 Å². The second-order valence-corrected chi connectivity index (χ2v) is 7.35. The summed E-state index contributed by atoms with van der Waals surface area (Å²) in [6.07, 6.45) is 4.16. The summed E-state index contributed by atoms with van der Waals surface area (Å²) in [7, 11) is 0. The number of rotatable bonds is 4. The van der Waals surface area contributed by atoms with Gasteiger partial charge in [-0.15, -0.1) is 11.3 Å². The van der Waals surface area contributed by atoms with E-state index in [4.69, 9.17) is 0 Å². The van der Waals surface area contributed by atoms with Crippen LogP contribution in [0.2, 0.25) is 0 Å². The Morgan fingerprint density at radius 3 is 2.58 bits per heavy atom. The van der Waals surface area contributed by atoms with E-state index in [-0.39, 0.29) is 5.91 Å². The predicted octanol–water partition coefficient (Wildman–Crippen LogP) is 4.37. The number of pyridine rings is 1. The fraction of sp³-hybridized carbons (Fsp3) is 0.250. The lowest BCUT2D eigenvalue weighted by Gasteiger charge is -2.16. The van der Waals surface area contributed by atoms with Gasteiger partial charge >= 0.3 is 0 Å². The molecule has 0 atom stereocenters. The van der Waals surface area contributed by atoms with Gasteiger partial charge in [-0.2, -0.15) is 0 Å². The fourth-order valence-electron chi connectivity index (χ4n) is 3.09. The summed E-state index contributed by atoms with van der Waals surface area (Å²) in [5, 5.41) is 3.79. The number of nitrogens with zero attached hydrogens (tertiary/aromatic N) is 3. The van der Waals surface area contributed by atoms with Crippen molar-refractivity contribution in [3.63, 3.8) is 0 Å². The van der Waals surface area contributed by atoms with E-state index in [0.717, 1.165) is 35.2 Å². The molecule has 0 bridgehead atoms. The Labute approximate surface area is 156 Å². The Kier molecular flexibility index (Phi) is 4.67. The number of amides is 1. The van der Waals surface area contributed by atoms with Crippen molar-refractivity contribution in [2.24, 2.45) is 0 Å². The molecule has 1 aliphatic heterocycles. The fourth-order valence-corrected chi connectivity index (χ4v) is 4.06. The van der Waals surface area contributed by atoms with Crippen molar-refractivity contribution in [3.05, 3.63) is 59.2 Å². The molecule has 1 N–H and O–H groups in total. The first-order chi connectivity index (χ1) is 12.7. The van der Waals surface area contributed by atoms with Crippen molar-refractivity contribution in [2.45, 2.75) is 19.8 Å². The average molecular weight is 364 g/mol. The topological polar surface area (TPSA) is 58.1 Å². The molecule has 5 nitrogen and oxygen atoms in total. The number of aryl methyl sites for hydroxylation is 1. The minimum atomic E-state index is -0.141. The molecule has 132 valence electrons. The second-order valence-electron chi connectivity index (χ2n) is 6.35. The second kappa shape index (κ2) is 7.25. The number of anilines is 2. The molecular formula is C20H20N4OS. The zero-order valence-corrected chi connectivity index (χ0v) is 15.4. The van der Waals surface area contributed by atoms with E-state index in [1.807, 2.05) is 49.4 Å². The Hall–Kier alpha value is -2.73. The Balaban J connectivity index is 1.49. The van der Waals surface area contributed by atoms with Crippen LogP contribution < -0.4 is 10.2 Å². The lowest BCUT2D eigenvalue weighted by molar-refractivity contribution is 0.103. The van der Waals surface area contributed by atoms with E-state index < -0.39 is 0 Å². The van der Waals surface area contributed by atoms with Crippen LogP contribution in [-0.4, -0.2) is 29.0 Å². The third-order valence-corrected chi connectivity index (χ3v) is 5.66. The van der Waals surface area contributed by atoms with E-state index in [0.29, 0.717) is 10.6 Å². The lowest BCUT2D eigenvalue weighted by Crippen LogP contribution is -2.19. The number of nitrogens with one attached hydrogen (secondary N) is 1. The molecule has 1 fully saturated rings. The van der Waals surface area contributed by atoms with E-state index in [9.17, 15) is 4.79 Å². The average Bonchev–Trinajstić information content (AvgIpc) is 3.33. The third-order valence-electron chi connectivity index (χ3n) is 4.46. The van der Waals surface area contributed by atoms with Crippen LogP contribution in [0.15, 0.2) is 48.7 Å². The molecule has 6 heteroatoms. The SMILES string of the molecule is Cc1nc(-c2ccccc2)sc1C(=O)Nc1ccc(N2CCCC2)nc1. The molecule has 0 spiro atoms. The standard InChI is InChI=1S/C20H20N4OS/c1-14-18(26-20(22-14)15-7-3-2-4-8-15)19(25)23-16-9-10-17(21-13-16)24-11-5-6-12-24/h2-4,7-10,13H,5-6,11-12H2,1H3,(H,23,25). The minimum absolute atomic E-state index is 0.141. The van der Waals surface area contributed by atoms with Crippen LogP contribution in [0.5, 0.6) is 0 Å². The molecule has 0 unspecified atom stereocenters. The summed E-state index contributed by atoms with van der Waals surface area (Å²) in [5.41, 5.74) is 2.47. The molecule has 1 aliphatic rings. The first-order valence-electron chi connectivity index (χ1n) is 8.76. The minimum Gasteiger partial charge on any atom is -0.357 e. The monoisotopic (exact) mass is 364 g/mol. The molecule has 4 rings (SSSR count). The maximum atomic E-state index is 12.6. The van der Waals surface area contributed by atoms with Crippen molar-refractivity contribution >= 4 is 28.7 Å². The first-order valence-corrected chi connectivity index (χ1v) is 9.57. The predicted molar refractivity (Wildman–Crippen MR) is 106 cm³/mol. The molecule has 2 aromatic heterocycles. The van der Waals surface area contributed by atoms with Gasteiger partial charge in [0, 0.05) is 18.7 Å².